The van der Waals surface area contributed by atoms with Crippen LogP contribution in [0.25, 0.3) is 0 Å². The summed E-state index contributed by atoms with van der Waals surface area (Å²) in [5, 5.41) is 0. The standard InChI is InChI=1S/C13H21N3/c1-4-9-16(6-3)11-7-8-13(15-10-11)12(14)5-2/h4,7-8,10,12H,1,5-6,9,14H2,2-3H3. The lowest BCUT2D eigenvalue weighted by Gasteiger charge is -2.21. The quantitative estimate of drug-likeness (QED) is 0.747. The third-order valence-corrected chi connectivity index (χ3v) is 2.69. The molecule has 0 bridgehead atoms. The molecule has 0 saturated carbocycles. The lowest BCUT2D eigenvalue weighted by Crippen LogP contribution is -2.22. The van der Waals surface area contributed by atoms with Gasteiger partial charge < -0.3 is 10.6 Å². The van der Waals surface area contributed by atoms with Crippen molar-refractivity contribution in [2.24, 2.45) is 5.73 Å². The van der Waals surface area contributed by atoms with Gasteiger partial charge >= 0.3 is 0 Å². The van der Waals surface area contributed by atoms with E-state index in [9.17, 15) is 0 Å². The van der Waals surface area contributed by atoms with E-state index < -0.39 is 0 Å². The van der Waals surface area contributed by atoms with Crippen molar-refractivity contribution in [2.75, 3.05) is 18.0 Å². The highest BCUT2D eigenvalue weighted by Gasteiger charge is 2.06. The van der Waals surface area contributed by atoms with Crippen molar-refractivity contribution in [2.45, 2.75) is 26.3 Å². The molecule has 0 aliphatic rings. The molecule has 2 N–H and O–H groups in total. The maximum absolute atomic E-state index is 5.92. The number of pyridine rings is 1. The summed E-state index contributed by atoms with van der Waals surface area (Å²) < 4.78 is 0. The van der Waals surface area contributed by atoms with Crippen molar-refractivity contribution < 1.29 is 0 Å². The number of hydrogen-bond donors (Lipinski definition) is 1. The van der Waals surface area contributed by atoms with Crippen LogP contribution in [-0.4, -0.2) is 18.1 Å². The molecular weight excluding hydrogens is 198 g/mol. The van der Waals surface area contributed by atoms with Crippen molar-refractivity contribution in [3.8, 4) is 0 Å². The number of nitrogens with zero attached hydrogens (tertiary/aromatic N) is 2. The summed E-state index contributed by atoms with van der Waals surface area (Å²) in [5.74, 6) is 0. The largest absolute Gasteiger partial charge is 0.367 e. The molecule has 0 amide bonds. The molecule has 0 radical (unpaired) electrons. The fourth-order valence-electron chi connectivity index (χ4n) is 1.59. The van der Waals surface area contributed by atoms with Gasteiger partial charge in [-0.1, -0.05) is 13.0 Å². The van der Waals surface area contributed by atoms with Gasteiger partial charge in [-0.3, -0.25) is 4.98 Å². The number of aromatic nitrogens is 1. The van der Waals surface area contributed by atoms with Gasteiger partial charge in [-0.05, 0) is 25.5 Å². The summed E-state index contributed by atoms with van der Waals surface area (Å²) in [6.07, 6.45) is 4.70. The Labute approximate surface area is 98.0 Å². The molecule has 0 fully saturated rings. The summed E-state index contributed by atoms with van der Waals surface area (Å²) in [5.41, 5.74) is 8.00. The van der Waals surface area contributed by atoms with E-state index in [-0.39, 0.29) is 6.04 Å². The van der Waals surface area contributed by atoms with Gasteiger partial charge in [0.1, 0.15) is 0 Å². The smallest absolute Gasteiger partial charge is 0.0572 e. The average molecular weight is 219 g/mol. The summed E-state index contributed by atoms with van der Waals surface area (Å²) in [6, 6.07) is 4.13. The van der Waals surface area contributed by atoms with Gasteiger partial charge in [-0.2, -0.15) is 0 Å². The second-order valence-corrected chi connectivity index (χ2v) is 3.78. The molecule has 3 nitrogen and oxygen atoms in total. The fraction of sp³-hybridized carbons (Fsp3) is 0.462. The molecule has 88 valence electrons. The van der Waals surface area contributed by atoms with Crippen LogP contribution in [0.4, 0.5) is 5.69 Å². The van der Waals surface area contributed by atoms with Gasteiger partial charge in [0.2, 0.25) is 0 Å². The van der Waals surface area contributed by atoms with Crippen LogP contribution in [0, 0.1) is 0 Å². The molecule has 1 aromatic rings. The Hall–Kier alpha value is -1.35. The van der Waals surface area contributed by atoms with Crippen LogP contribution in [0.3, 0.4) is 0 Å². The summed E-state index contributed by atoms with van der Waals surface area (Å²) in [7, 11) is 0. The van der Waals surface area contributed by atoms with E-state index in [0.717, 1.165) is 30.9 Å². The van der Waals surface area contributed by atoms with Crippen molar-refractivity contribution in [3.63, 3.8) is 0 Å². The first-order valence-corrected chi connectivity index (χ1v) is 5.80. The van der Waals surface area contributed by atoms with Crippen LogP contribution in [0.2, 0.25) is 0 Å². The number of likely N-dealkylation sites (N-methyl/N-ethyl adjacent to an activating group) is 1. The van der Waals surface area contributed by atoms with Gasteiger partial charge in [0.05, 0.1) is 17.6 Å². The van der Waals surface area contributed by atoms with E-state index in [1.54, 1.807) is 0 Å². The first-order chi connectivity index (χ1) is 7.72. The molecular formula is C13H21N3. The predicted molar refractivity (Wildman–Crippen MR) is 69.5 cm³/mol. The molecule has 1 aromatic heterocycles. The molecule has 0 saturated heterocycles. The molecule has 1 rings (SSSR count). The van der Waals surface area contributed by atoms with Crippen LogP contribution in [0.5, 0.6) is 0 Å². The molecule has 1 heterocycles. The van der Waals surface area contributed by atoms with Gasteiger partial charge in [0, 0.05) is 19.1 Å². The highest BCUT2D eigenvalue weighted by molar-refractivity contribution is 5.45. The van der Waals surface area contributed by atoms with E-state index in [2.05, 4.69) is 36.4 Å². The molecule has 0 spiro atoms. The lowest BCUT2D eigenvalue weighted by atomic mass is 10.1. The van der Waals surface area contributed by atoms with Crippen LogP contribution in [0.1, 0.15) is 32.0 Å². The van der Waals surface area contributed by atoms with Crippen molar-refractivity contribution >= 4 is 5.69 Å². The van der Waals surface area contributed by atoms with Gasteiger partial charge in [-0.25, -0.2) is 0 Å². The van der Waals surface area contributed by atoms with E-state index >= 15 is 0 Å². The van der Waals surface area contributed by atoms with Crippen molar-refractivity contribution in [1.82, 2.24) is 4.98 Å². The Balaban J connectivity index is 2.80. The van der Waals surface area contributed by atoms with E-state index in [1.165, 1.54) is 0 Å². The third-order valence-electron chi connectivity index (χ3n) is 2.69. The van der Waals surface area contributed by atoms with Gasteiger partial charge in [-0.15, -0.1) is 6.58 Å². The second-order valence-electron chi connectivity index (χ2n) is 3.78. The first-order valence-electron chi connectivity index (χ1n) is 5.80. The van der Waals surface area contributed by atoms with Crippen LogP contribution < -0.4 is 10.6 Å². The van der Waals surface area contributed by atoms with E-state index in [1.807, 2.05) is 18.3 Å². The van der Waals surface area contributed by atoms with Crippen LogP contribution in [-0.2, 0) is 0 Å². The molecule has 0 aliphatic carbocycles. The van der Waals surface area contributed by atoms with Crippen molar-refractivity contribution in [3.05, 3.63) is 36.7 Å². The fourth-order valence-corrected chi connectivity index (χ4v) is 1.59. The number of rotatable bonds is 6. The van der Waals surface area contributed by atoms with Crippen LogP contribution in [0.15, 0.2) is 31.0 Å². The second kappa shape index (κ2) is 6.28. The van der Waals surface area contributed by atoms with Crippen LogP contribution >= 0.6 is 0 Å². The van der Waals surface area contributed by atoms with E-state index in [4.69, 9.17) is 5.73 Å². The Morgan fingerprint density at radius 1 is 1.50 bits per heavy atom. The Bertz CT molecular complexity index is 318. The van der Waals surface area contributed by atoms with Gasteiger partial charge in [0.15, 0.2) is 0 Å². The molecule has 1 unspecified atom stereocenters. The zero-order valence-corrected chi connectivity index (χ0v) is 10.2. The maximum Gasteiger partial charge on any atom is 0.0572 e. The Morgan fingerprint density at radius 3 is 2.69 bits per heavy atom. The SMILES string of the molecule is C=CCN(CC)c1ccc(C(N)CC)nc1. The van der Waals surface area contributed by atoms with Crippen molar-refractivity contribution in [1.29, 1.82) is 0 Å². The molecule has 1 atom stereocenters. The van der Waals surface area contributed by atoms with E-state index in [0.29, 0.717) is 0 Å². The normalized spacial score (nSPS) is 12.2. The summed E-state index contributed by atoms with van der Waals surface area (Å²) in [6.45, 7) is 9.73. The zero-order chi connectivity index (χ0) is 12.0. The topological polar surface area (TPSA) is 42.1 Å². The minimum absolute atomic E-state index is 0.0449. The molecule has 16 heavy (non-hydrogen) atoms. The number of anilines is 1. The average Bonchev–Trinajstić information content (AvgIpc) is 2.35. The Morgan fingerprint density at radius 2 is 2.25 bits per heavy atom. The lowest BCUT2D eigenvalue weighted by molar-refractivity contribution is 0.675. The highest BCUT2D eigenvalue weighted by atomic mass is 15.1. The maximum atomic E-state index is 5.92. The summed E-state index contributed by atoms with van der Waals surface area (Å²) in [4.78, 5) is 6.61. The summed E-state index contributed by atoms with van der Waals surface area (Å²) >= 11 is 0. The minimum atomic E-state index is 0.0449. The minimum Gasteiger partial charge on any atom is -0.367 e. The predicted octanol–water partition coefficient (Wildman–Crippen LogP) is 2.50. The number of nitrogens with two attached hydrogens (primary N) is 1. The molecule has 0 aliphatic heterocycles. The highest BCUT2D eigenvalue weighted by Crippen LogP contribution is 2.16. The first kappa shape index (κ1) is 12.7. The monoisotopic (exact) mass is 219 g/mol. The third kappa shape index (κ3) is 3.07. The van der Waals surface area contributed by atoms with Gasteiger partial charge in [0.25, 0.3) is 0 Å². The molecule has 3 heteroatoms. The molecule has 0 aromatic carbocycles. The number of hydrogen-bond acceptors (Lipinski definition) is 3. The Kier molecular flexibility index (Phi) is 4.99. The zero-order valence-electron chi connectivity index (χ0n) is 10.2.